The fraction of sp³-hybridized carbons (Fsp3) is 0.389. The second kappa shape index (κ2) is 13.7. The van der Waals surface area contributed by atoms with E-state index in [9.17, 15) is 33.3 Å². The van der Waals surface area contributed by atoms with Gasteiger partial charge in [0.25, 0.3) is 13.7 Å². The minimum absolute atomic E-state index is 0.0487. The summed E-state index contributed by atoms with van der Waals surface area (Å²) in [5, 5.41) is 12.8. The molecule has 0 bridgehead atoms. The molecule has 0 radical (unpaired) electrons. The maximum Gasteiger partial charge on any atom is 0.487 e. The van der Waals surface area contributed by atoms with E-state index in [1.807, 2.05) is 12.3 Å². The van der Waals surface area contributed by atoms with Crippen molar-refractivity contribution in [3.8, 4) is 0 Å². The highest BCUT2D eigenvalue weighted by Crippen LogP contribution is 2.65. The number of phosphoric acid groups is 3. The summed E-state index contributed by atoms with van der Waals surface area (Å²) in [5.74, 6) is 0.0578. The average molecular weight is 662 g/mol. The van der Waals surface area contributed by atoms with Gasteiger partial charge in [0.05, 0.1) is 12.7 Å². The SMILES string of the molecule is CSSCc1ccccc1C(=O)Nc1ccn([C@H]2C[C@@H](O)[C@@H](COP(=O)([O-])OP(=O)(O)OP(=O)(O)O)O2)c(=O)n1. The number of phosphoric ester groups is 1. The molecule has 5 N–H and O–H groups in total. The Labute approximate surface area is 234 Å². The lowest BCUT2D eigenvalue weighted by atomic mass is 10.1. The second-order valence-electron chi connectivity index (χ2n) is 7.84. The number of anilines is 1. The van der Waals surface area contributed by atoms with Crippen molar-refractivity contribution in [1.29, 1.82) is 0 Å². The highest BCUT2D eigenvalue weighted by atomic mass is 33.1. The van der Waals surface area contributed by atoms with Gasteiger partial charge in [-0.25, -0.2) is 18.2 Å². The van der Waals surface area contributed by atoms with Gasteiger partial charge < -0.3 is 39.3 Å². The minimum atomic E-state index is -5.77. The summed E-state index contributed by atoms with van der Waals surface area (Å²) in [6.07, 6.45) is -0.949. The van der Waals surface area contributed by atoms with Crippen molar-refractivity contribution >= 4 is 56.8 Å². The number of amides is 1. The first-order valence-electron chi connectivity index (χ1n) is 10.8. The molecule has 2 heterocycles. The van der Waals surface area contributed by atoms with E-state index < -0.39 is 60.1 Å². The first-order valence-corrected chi connectivity index (χ1v) is 18.0. The Morgan fingerprint density at radius 3 is 2.58 bits per heavy atom. The maximum atomic E-state index is 12.8. The molecule has 2 unspecified atom stereocenters. The fourth-order valence-electron chi connectivity index (χ4n) is 3.38. The van der Waals surface area contributed by atoms with Gasteiger partial charge in [-0.1, -0.05) is 39.8 Å². The van der Waals surface area contributed by atoms with Crippen LogP contribution in [-0.2, 0) is 37.3 Å². The standard InChI is InChI=1S/C18H24N3O14P3S2/c1-39-40-10-11-4-2-3-5-12(11)17(23)19-15-6-7-21(18(24)20-15)16-8-13(22)14(33-16)9-32-37(28,29)35-38(30,31)34-36(25,26)27/h2-7,13-14,16,22H,8-10H2,1H3,(H,28,29)(H,30,31)(H2,25,26,27)(H,19,20,23,24)/p-1/t13-,14-,16-/m1/s1. The molecule has 1 aromatic heterocycles. The molecule has 0 spiro atoms. The lowest BCUT2D eigenvalue weighted by molar-refractivity contribution is -0.221. The van der Waals surface area contributed by atoms with Gasteiger partial charge in [0, 0.05) is 23.9 Å². The number of carbonyl (C=O) groups is 1. The molecular formula is C18H23N3O14P3S2-. The van der Waals surface area contributed by atoms with Crippen molar-refractivity contribution in [3.63, 3.8) is 0 Å². The minimum Gasteiger partial charge on any atom is -0.756 e. The number of hydrogen-bond donors (Lipinski definition) is 5. The molecule has 1 aliphatic heterocycles. The number of nitrogens with zero attached hydrogens (tertiary/aromatic N) is 2. The summed E-state index contributed by atoms with van der Waals surface area (Å²) in [4.78, 5) is 67.2. The third-order valence-electron chi connectivity index (χ3n) is 4.99. The second-order valence-corrected chi connectivity index (χ2v) is 14.8. The van der Waals surface area contributed by atoms with E-state index in [4.69, 9.17) is 19.4 Å². The maximum absolute atomic E-state index is 12.8. The molecule has 222 valence electrons. The number of nitrogens with one attached hydrogen (secondary N) is 1. The molecule has 5 atom stereocenters. The Hall–Kier alpha value is -1.40. The van der Waals surface area contributed by atoms with Gasteiger partial charge in [-0.15, -0.1) is 0 Å². The largest absolute Gasteiger partial charge is 0.756 e. The zero-order valence-corrected chi connectivity index (χ0v) is 24.6. The predicted octanol–water partition coefficient (Wildman–Crippen LogP) is 1.37. The Morgan fingerprint density at radius 2 is 1.93 bits per heavy atom. The summed E-state index contributed by atoms with van der Waals surface area (Å²) in [5.41, 5.74) is 0.334. The highest BCUT2D eigenvalue weighted by Gasteiger charge is 2.39. The Morgan fingerprint density at radius 1 is 1.23 bits per heavy atom. The molecule has 22 heteroatoms. The number of carbonyl (C=O) groups excluding carboxylic acids is 1. The number of aromatic nitrogens is 2. The molecular weight excluding hydrogens is 639 g/mol. The van der Waals surface area contributed by atoms with Gasteiger partial charge in [-0.2, -0.15) is 9.29 Å². The molecule has 2 aromatic rings. The van der Waals surface area contributed by atoms with Crippen molar-refractivity contribution in [1.82, 2.24) is 9.55 Å². The first kappa shape index (κ1) is 33.1. The number of aliphatic hydroxyl groups excluding tert-OH is 1. The van der Waals surface area contributed by atoms with Crippen LogP contribution in [0.5, 0.6) is 0 Å². The molecule has 1 aromatic carbocycles. The van der Waals surface area contributed by atoms with Crippen LogP contribution in [-0.4, -0.2) is 60.3 Å². The van der Waals surface area contributed by atoms with Crippen molar-refractivity contribution in [2.45, 2.75) is 30.6 Å². The van der Waals surface area contributed by atoms with Crippen LogP contribution >= 0.6 is 45.1 Å². The number of rotatable bonds is 13. The number of ether oxygens (including phenoxy) is 1. The van der Waals surface area contributed by atoms with Crippen LogP contribution in [0.1, 0.15) is 28.6 Å². The summed E-state index contributed by atoms with van der Waals surface area (Å²) in [6.45, 7) is -0.959. The summed E-state index contributed by atoms with van der Waals surface area (Å²) in [7, 11) is -13.9. The van der Waals surface area contributed by atoms with Crippen LogP contribution in [0.4, 0.5) is 5.82 Å². The molecule has 1 aliphatic rings. The van der Waals surface area contributed by atoms with E-state index >= 15 is 0 Å². The summed E-state index contributed by atoms with van der Waals surface area (Å²) >= 11 is 0. The van der Waals surface area contributed by atoms with Crippen LogP contribution in [0.15, 0.2) is 41.3 Å². The van der Waals surface area contributed by atoms with E-state index in [2.05, 4.69) is 23.4 Å². The lowest BCUT2D eigenvalue weighted by Gasteiger charge is -2.26. The topological polar surface area (TPSA) is 256 Å². The zero-order valence-electron chi connectivity index (χ0n) is 20.2. The summed E-state index contributed by atoms with van der Waals surface area (Å²) < 4.78 is 51.7. The van der Waals surface area contributed by atoms with E-state index in [0.717, 1.165) is 10.1 Å². The lowest BCUT2D eigenvalue weighted by Crippen LogP contribution is -2.29. The molecule has 40 heavy (non-hydrogen) atoms. The van der Waals surface area contributed by atoms with Crippen LogP contribution in [0.25, 0.3) is 0 Å². The third-order valence-corrected chi connectivity index (χ3v) is 10.5. The van der Waals surface area contributed by atoms with E-state index in [1.54, 1.807) is 39.8 Å². The molecule has 0 aliphatic carbocycles. The van der Waals surface area contributed by atoms with Gasteiger partial charge in [0.2, 0.25) is 0 Å². The van der Waals surface area contributed by atoms with Crippen LogP contribution in [0, 0.1) is 0 Å². The van der Waals surface area contributed by atoms with Crippen LogP contribution < -0.4 is 15.9 Å². The van der Waals surface area contributed by atoms with Crippen molar-refractivity contribution < 1.29 is 61.1 Å². The van der Waals surface area contributed by atoms with Crippen molar-refractivity contribution in [3.05, 3.63) is 58.1 Å². The van der Waals surface area contributed by atoms with Gasteiger partial charge >= 0.3 is 21.3 Å². The predicted molar refractivity (Wildman–Crippen MR) is 140 cm³/mol. The average Bonchev–Trinajstić information content (AvgIpc) is 3.19. The van der Waals surface area contributed by atoms with Crippen molar-refractivity contribution in [2.75, 3.05) is 18.2 Å². The van der Waals surface area contributed by atoms with Crippen LogP contribution in [0.2, 0.25) is 0 Å². The van der Waals surface area contributed by atoms with Gasteiger partial charge in [0.1, 0.15) is 18.1 Å². The van der Waals surface area contributed by atoms with Gasteiger partial charge in [-0.3, -0.25) is 13.9 Å². The van der Waals surface area contributed by atoms with Crippen LogP contribution in [0.3, 0.4) is 0 Å². The third kappa shape index (κ3) is 9.86. The Kier molecular flexibility index (Phi) is 11.4. The molecule has 0 saturated carbocycles. The van der Waals surface area contributed by atoms with Gasteiger partial charge in [0.15, 0.2) is 0 Å². The van der Waals surface area contributed by atoms with E-state index in [0.29, 0.717) is 11.3 Å². The quantitative estimate of drug-likeness (QED) is 0.150. The van der Waals surface area contributed by atoms with Crippen molar-refractivity contribution in [2.24, 2.45) is 0 Å². The monoisotopic (exact) mass is 662 g/mol. The van der Waals surface area contributed by atoms with Gasteiger partial charge in [-0.05, 0) is 24.0 Å². The van der Waals surface area contributed by atoms with E-state index in [-0.39, 0.29) is 12.2 Å². The molecule has 1 fully saturated rings. The number of aliphatic hydroxyl groups is 1. The first-order chi connectivity index (χ1) is 18.6. The number of hydrogen-bond acceptors (Lipinski definition) is 14. The molecule has 1 saturated heterocycles. The zero-order chi connectivity index (χ0) is 29.7. The smallest absolute Gasteiger partial charge is 0.487 e. The fourth-order valence-corrected chi connectivity index (χ4v) is 7.60. The summed E-state index contributed by atoms with van der Waals surface area (Å²) in [6, 6.07) is 8.27. The Bertz CT molecular complexity index is 1420. The molecule has 17 nitrogen and oxygen atoms in total. The van der Waals surface area contributed by atoms with E-state index in [1.165, 1.54) is 12.3 Å². The number of benzene rings is 1. The Balaban J connectivity index is 1.62. The highest BCUT2D eigenvalue weighted by molar-refractivity contribution is 8.76. The molecule has 1 amide bonds. The molecule has 3 rings (SSSR count). The normalized spacial score (nSPS) is 22.4.